The number of carbonyl (C=O) groups excluding carboxylic acids is 3. The predicted octanol–water partition coefficient (Wildman–Crippen LogP) is 4.52. The number of rotatable bonds is 7. The fourth-order valence-electron chi connectivity index (χ4n) is 3.02. The monoisotopic (exact) mass is 453 g/mol. The lowest BCUT2D eigenvalue weighted by atomic mass is 10.1. The van der Waals surface area contributed by atoms with Gasteiger partial charge in [0.15, 0.2) is 5.76 Å². The Morgan fingerprint density at radius 1 is 0.794 bits per heavy atom. The maximum absolute atomic E-state index is 12.7. The summed E-state index contributed by atoms with van der Waals surface area (Å²) in [5, 5.41) is 6.63. The van der Waals surface area contributed by atoms with E-state index in [2.05, 4.69) is 15.8 Å². The standard InChI is InChI=1S/C26H19N3O5/c30-24(20-12-5-6-13-21(20)28-25(31)23-15-8-16-33-23)29-27-17-19-11-4-7-14-22(19)34-26(32)18-9-2-1-3-10-18/h1-17H,(H,28,31)(H,29,30)/b27-17-. The zero-order chi connectivity index (χ0) is 23.8. The number of carbonyl (C=O) groups is 3. The number of amides is 2. The van der Waals surface area contributed by atoms with Crippen LogP contribution in [-0.4, -0.2) is 24.0 Å². The minimum absolute atomic E-state index is 0.120. The van der Waals surface area contributed by atoms with Gasteiger partial charge in [0.05, 0.1) is 29.3 Å². The molecule has 1 heterocycles. The van der Waals surface area contributed by atoms with E-state index in [4.69, 9.17) is 9.15 Å². The SMILES string of the molecule is O=C(Oc1ccccc1/C=N\NC(=O)c1ccccc1NC(=O)c1ccco1)c1ccccc1. The van der Waals surface area contributed by atoms with E-state index >= 15 is 0 Å². The highest BCUT2D eigenvalue weighted by Crippen LogP contribution is 2.19. The summed E-state index contributed by atoms with van der Waals surface area (Å²) >= 11 is 0. The molecule has 1 aromatic heterocycles. The van der Waals surface area contributed by atoms with Crippen molar-refractivity contribution >= 4 is 29.7 Å². The van der Waals surface area contributed by atoms with Crippen LogP contribution in [0.3, 0.4) is 0 Å². The van der Waals surface area contributed by atoms with E-state index in [0.717, 1.165) is 0 Å². The minimum Gasteiger partial charge on any atom is -0.459 e. The Labute approximate surface area is 194 Å². The van der Waals surface area contributed by atoms with E-state index < -0.39 is 17.8 Å². The Kier molecular flexibility index (Phi) is 6.90. The Bertz CT molecular complexity index is 1330. The van der Waals surface area contributed by atoms with Crippen molar-refractivity contribution in [2.45, 2.75) is 0 Å². The molecular weight excluding hydrogens is 434 g/mol. The van der Waals surface area contributed by atoms with Gasteiger partial charge in [0, 0.05) is 5.56 Å². The average molecular weight is 453 g/mol. The van der Waals surface area contributed by atoms with Gasteiger partial charge in [-0.05, 0) is 48.5 Å². The molecule has 8 heteroatoms. The summed E-state index contributed by atoms with van der Waals surface area (Å²) in [4.78, 5) is 37.3. The van der Waals surface area contributed by atoms with Crippen molar-refractivity contribution < 1.29 is 23.5 Å². The van der Waals surface area contributed by atoms with Gasteiger partial charge in [0.25, 0.3) is 11.8 Å². The quantitative estimate of drug-likeness (QED) is 0.185. The second-order valence-corrected chi connectivity index (χ2v) is 6.97. The van der Waals surface area contributed by atoms with Crippen LogP contribution in [0.5, 0.6) is 5.75 Å². The first-order chi connectivity index (χ1) is 16.6. The second kappa shape index (κ2) is 10.6. The lowest BCUT2D eigenvalue weighted by molar-refractivity contribution is 0.0734. The van der Waals surface area contributed by atoms with Crippen LogP contribution in [0.1, 0.15) is 36.8 Å². The van der Waals surface area contributed by atoms with Crippen LogP contribution in [0.4, 0.5) is 5.69 Å². The molecule has 0 spiro atoms. The van der Waals surface area contributed by atoms with Crippen molar-refractivity contribution in [3.63, 3.8) is 0 Å². The molecule has 34 heavy (non-hydrogen) atoms. The molecular formula is C26H19N3O5. The van der Waals surface area contributed by atoms with Crippen LogP contribution in [0.2, 0.25) is 0 Å². The van der Waals surface area contributed by atoms with Gasteiger partial charge >= 0.3 is 5.97 Å². The van der Waals surface area contributed by atoms with Crippen LogP contribution in [0, 0.1) is 0 Å². The van der Waals surface area contributed by atoms with Crippen LogP contribution >= 0.6 is 0 Å². The van der Waals surface area contributed by atoms with Gasteiger partial charge in [-0.3, -0.25) is 9.59 Å². The molecule has 8 nitrogen and oxygen atoms in total. The highest BCUT2D eigenvalue weighted by atomic mass is 16.5. The number of nitrogens with zero attached hydrogens (tertiary/aromatic N) is 1. The van der Waals surface area contributed by atoms with E-state index in [1.807, 2.05) is 0 Å². The first-order valence-electron chi connectivity index (χ1n) is 10.3. The van der Waals surface area contributed by atoms with Crippen molar-refractivity contribution in [1.29, 1.82) is 0 Å². The van der Waals surface area contributed by atoms with Gasteiger partial charge < -0.3 is 14.5 Å². The summed E-state index contributed by atoms with van der Waals surface area (Å²) in [6.45, 7) is 0. The van der Waals surface area contributed by atoms with Crippen molar-refractivity contribution in [3.8, 4) is 5.75 Å². The van der Waals surface area contributed by atoms with E-state index in [0.29, 0.717) is 22.6 Å². The largest absolute Gasteiger partial charge is 0.459 e. The van der Waals surface area contributed by atoms with Crippen molar-refractivity contribution in [2.24, 2.45) is 5.10 Å². The number of anilines is 1. The van der Waals surface area contributed by atoms with Crippen molar-refractivity contribution in [1.82, 2.24) is 5.43 Å². The number of nitrogens with one attached hydrogen (secondary N) is 2. The molecule has 0 fully saturated rings. The first-order valence-corrected chi connectivity index (χ1v) is 10.3. The minimum atomic E-state index is -0.537. The lowest BCUT2D eigenvalue weighted by Gasteiger charge is -2.09. The van der Waals surface area contributed by atoms with Crippen LogP contribution < -0.4 is 15.5 Å². The summed E-state index contributed by atoms with van der Waals surface area (Å²) in [5.41, 5.74) is 3.84. The molecule has 0 aliphatic rings. The maximum atomic E-state index is 12.7. The topological polar surface area (TPSA) is 110 Å². The molecule has 0 unspecified atom stereocenters. The van der Waals surface area contributed by atoms with Crippen molar-refractivity contribution in [2.75, 3.05) is 5.32 Å². The molecule has 168 valence electrons. The third kappa shape index (κ3) is 5.43. The van der Waals surface area contributed by atoms with E-state index in [1.54, 1.807) is 84.9 Å². The van der Waals surface area contributed by atoms with Crippen LogP contribution in [0.15, 0.2) is 107 Å². The van der Waals surface area contributed by atoms with E-state index in [-0.39, 0.29) is 11.3 Å². The highest BCUT2D eigenvalue weighted by Gasteiger charge is 2.15. The molecule has 2 amide bonds. The van der Waals surface area contributed by atoms with Gasteiger partial charge in [-0.2, -0.15) is 5.10 Å². The molecule has 0 saturated heterocycles. The van der Waals surface area contributed by atoms with Crippen molar-refractivity contribution in [3.05, 3.63) is 120 Å². The number of ether oxygens (including phenoxy) is 1. The molecule has 0 aliphatic carbocycles. The summed E-state index contributed by atoms with van der Waals surface area (Å²) in [6.07, 6.45) is 2.76. The number of para-hydroxylation sites is 2. The third-order valence-corrected chi connectivity index (χ3v) is 4.67. The third-order valence-electron chi connectivity index (χ3n) is 4.67. The average Bonchev–Trinajstić information content (AvgIpc) is 3.41. The number of hydrogen-bond donors (Lipinski definition) is 2. The second-order valence-electron chi connectivity index (χ2n) is 6.97. The highest BCUT2D eigenvalue weighted by molar-refractivity contribution is 6.08. The smallest absolute Gasteiger partial charge is 0.343 e. The number of esters is 1. The Hall–Kier alpha value is -4.98. The van der Waals surface area contributed by atoms with Crippen LogP contribution in [-0.2, 0) is 0 Å². The molecule has 2 N–H and O–H groups in total. The summed E-state index contributed by atoms with van der Waals surface area (Å²) in [7, 11) is 0. The van der Waals surface area contributed by atoms with Gasteiger partial charge in [-0.1, -0.05) is 42.5 Å². The molecule has 0 aliphatic heterocycles. The fourth-order valence-corrected chi connectivity index (χ4v) is 3.02. The molecule has 0 saturated carbocycles. The van der Waals surface area contributed by atoms with Gasteiger partial charge in [0.1, 0.15) is 5.75 Å². The molecule has 0 radical (unpaired) electrons. The fraction of sp³-hybridized carbons (Fsp3) is 0. The number of hydrogen-bond acceptors (Lipinski definition) is 6. The maximum Gasteiger partial charge on any atom is 0.343 e. The summed E-state index contributed by atoms with van der Waals surface area (Å²) in [5.74, 6) is -1.12. The number of benzene rings is 3. The predicted molar refractivity (Wildman–Crippen MR) is 126 cm³/mol. The van der Waals surface area contributed by atoms with E-state index in [9.17, 15) is 14.4 Å². The Morgan fingerprint density at radius 3 is 2.32 bits per heavy atom. The molecule has 0 bridgehead atoms. The van der Waals surface area contributed by atoms with E-state index in [1.165, 1.54) is 18.5 Å². The van der Waals surface area contributed by atoms with Crippen LogP contribution in [0.25, 0.3) is 0 Å². The van der Waals surface area contributed by atoms with Gasteiger partial charge in [-0.15, -0.1) is 0 Å². The lowest BCUT2D eigenvalue weighted by Crippen LogP contribution is -2.21. The Morgan fingerprint density at radius 2 is 1.53 bits per heavy atom. The number of furan rings is 1. The zero-order valence-corrected chi connectivity index (χ0v) is 17.8. The molecule has 4 aromatic rings. The normalized spacial score (nSPS) is 10.6. The Balaban J connectivity index is 1.44. The summed E-state index contributed by atoms with van der Waals surface area (Å²) < 4.78 is 10.5. The zero-order valence-electron chi connectivity index (χ0n) is 17.8. The van der Waals surface area contributed by atoms with Gasteiger partial charge in [-0.25, -0.2) is 10.2 Å². The molecule has 0 atom stereocenters. The first kappa shape index (κ1) is 22.2. The van der Waals surface area contributed by atoms with Gasteiger partial charge in [0.2, 0.25) is 0 Å². The number of hydrazone groups is 1. The molecule has 4 rings (SSSR count). The molecule has 3 aromatic carbocycles. The summed E-state index contributed by atoms with van der Waals surface area (Å²) in [6, 6.07) is 25.0.